The summed E-state index contributed by atoms with van der Waals surface area (Å²) in [6.07, 6.45) is 1.51. The summed E-state index contributed by atoms with van der Waals surface area (Å²) in [5.41, 5.74) is 8.39. The van der Waals surface area contributed by atoms with Gasteiger partial charge in [-0.1, -0.05) is 36.7 Å². The number of anilines is 5. The number of amides is 1. The maximum Gasteiger partial charge on any atom is 0.250 e. The predicted molar refractivity (Wildman–Crippen MR) is 129 cm³/mol. The van der Waals surface area contributed by atoms with Crippen LogP contribution in [0, 0.1) is 0 Å². The van der Waals surface area contributed by atoms with Gasteiger partial charge in [-0.25, -0.2) is 4.98 Å². The number of carbonyl (C=O) groups excluding carboxylic acids is 1. The van der Waals surface area contributed by atoms with E-state index >= 15 is 0 Å². The van der Waals surface area contributed by atoms with Gasteiger partial charge in [0.05, 0.1) is 17.4 Å². The Morgan fingerprint density at radius 2 is 1.88 bits per heavy atom. The minimum absolute atomic E-state index is 0.331. The fourth-order valence-corrected chi connectivity index (χ4v) is 3.82. The fraction of sp³-hybridized carbons (Fsp3) is 0.261. The van der Waals surface area contributed by atoms with Gasteiger partial charge in [-0.3, -0.25) is 4.79 Å². The Labute approximate surface area is 192 Å². The Kier molecular flexibility index (Phi) is 6.72. The summed E-state index contributed by atoms with van der Waals surface area (Å²) in [4.78, 5) is 25.3. The third kappa shape index (κ3) is 5.09. The predicted octanol–water partition coefficient (Wildman–Crippen LogP) is 3.86. The van der Waals surface area contributed by atoms with Crippen LogP contribution in [0.25, 0.3) is 0 Å². The lowest BCUT2D eigenvalue weighted by Gasteiger charge is -2.35. The molecule has 0 aliphatic carbocycles. The zero-order valence-electron chi connectivity index (χ0n) is 17.9. The van der Waals surface area contributed by atoms with Crippen LogP contribution in [0.3, 0.4) is 0 Å². The van der Waals surface area contributed by atoms with E-state index < -0.39 is 5.91 Å². The summed E-state index contributed by atoms with van der Waals surface area (Å²) < 4.78 is 0. The highest BCUT2D eigenvalue weighted by Gasteiger charge is 2.16. The summed E-state index contributed by atoms with van der Waals surface area (Å²) in [6, 6.07) is 15.1. The van der Waals surface area contributed by atoms with Crippen molar-refractivity contribution in [3.63, 3.8) is 0 Å². The molecule has 0 bridgehead atoms. The maximum atomic E-state index is 11.7. The van der Waals surface area contributed by atoms with Gasteiger partial charge in [0, 0.05) is 37.6 Å². The molecule has 2 heterocycles. The molecule has 0 atom stereocenters. The number of hydrogen-bond acceptors (Lipinski definition) is 7. The van der Waals surface area contributed by atoms with Crippen molar-refractivity contribution < 1.29 is 4.79 Å². The summed E-state index contributed by atoms with van der Waals surface area (Å²) in [6.45, 7) is 7.42. The van der Waals surface area contributed by atoms with Crippen molar-refractivity contribution in [2.75, 3.05) is 48.3 Å². The molecular weight excluding hydrogens is 426 g/mol. The van der Waals surface area contributed by atoms with Gasteiger partial charge in [0.1, 0.15) is 5.02 Å². The molecule has 1 aromatic heterocycles. The van der Waals surface area contributed by atoms with E-state index in [1.54, 1.807) is 24.3 Å². The van der Waals surface area contributed by atoms with Crippen LogP contribution in [0.1, 0.15) is 17.3 Å². The highest BCUT2D eigenvalue weighted by molar-refractivity contribution is 6.33. The summed E-state index contributed by atoms with van der Waals surface area (Å²) in [7, 11) is 0. The molecule has 4 rings (SSSR count). The molecule has 2 aromatic carbocycles. The first kappa shape index (κ1) is 21.9. The minimum Gasteiger partial charge on any atom is -0.369 e. The Bertz CT molecular complexity index is 1100. The number of aromatic nitrogens is 2. The summed E-state index contributed by atoms with van der Waals surface area (Å²) in [5, 5.41) is 6.66. The normalized spacial score (nSPS) is 14.2. The third-order valence-corrected chi connectivity index (χ3v) is 5.75. The van der Waals surface area contributed by atoms with Crippen molar-refractivity contribution >= 4 is 46.3 Å². The number of halogens is 1. The van der Waals surface area contributed by atoms with Crippen molar-refractivity contribution in [3.05, 3.63) is 65.3 Å². The van der Waals surface area contributed by atoms with E-state index in [-0.39, 0.29) is 0 Å². The molecular formula is C23H26ClN7O. The second-order valence-electron chi connectivity index (χ2n) is 7.52. The van der Waals surface area contributed by atoms with E-state index in [1.807, 2.05) is 12.1 Å². The largest absolute Gasteiger partial charge is 0.369 e. The van der Waals surface area contributed by atoms with Crippen LogP contribution < -0.4 is 21.3 Å². The Morgan fingerprint density at radius 3 is 2.62 bits per heavy atom. The van der Waals surface area contributed by atoms with Crippen LogP contribution in [-0.2, 0) is 0 Å². The second-order valence-corrected chi connectivity index (χ2v) is 7.93. The third-order valence-electron chi connectivity index (χ3n) is 5.48. The van der Waals surface area contributed by atoms with E-state index in [1.165, 1.54) is 6.20 Å². The molecule has 1 amide bonds. The van der Waals surface area contributed by atoms with Gasteiger partial charge in [0.25, 0.3) is 5.91 Å². The highest BCUT2D eigenvalue weighted by Crippen LogP contribution is 2.28. The first-order chi connectivity index (χ1) is 15.5. The first-order valence-electron chi connectivity index (χ1n) is 10.6. The lowest BCUT2D eigenvalue weighted by atomic mass is 10.1. The average molecular weight is 452 g/mol. The number of benzene rings is 2. The monoisotopic (exact) mass is 451 g/mol. The van der Waals surface area contributed by atoms with Crippen LogP contribution in [0.5, 0.6) is 0 Å². The van der Waals surface area contributed by atoms with Crippen LogP contribution in [0.4, 0.5) is 28.8 Å². The Hall–Kier alpha value is -3.36. The van der Waals surface area contributed by atoms with Crippen molar-refractivity contribution in [2.45, 2.75) is 6.92 Å². The molecule has 1 fully saturated rings. The maximum absolute atomic E-state index is 11.7. The molecule has 1 saturated heterocycles. The van der Waals surface area contributed by atoms with Crippen LogP contribution in [0.15, 0.2) is 54.7 Å². The molecule has 9 heteroatoms. The quantitative estimate of drug-likeness (QED) is 0.501. The SMILES string of the molecule is CCN1CCN(c2cccc(Nc3ncc(Cl)c(Nc4ccccc4C(N)=O)n3)c2)CC1. The van der Waals surface area contributed by atoms with Gasteiger partial charge in [-0.2, -0.15) is 4.98 Å². The lowest BCUT2D eigenvalue weighted by Crippen LogP contribution is -2.46. The number of nitrogens with zero attached hydrogens (tertiary/aromatic N) is 4. The number of para-hydroxylation sites is 1. The zero-order valence-corrected chi connectivity index (χ0v) is 18.6. The van der Waals surface area contributed by atoms with Gasteiger partial charge >= 0.3 is 0 Å². The molecule has 0 unspecified atom stereocenters. The minimum atomic E-state index is -0.534. The molecule has 0 radical (unpaired) electrons. The molecule has 4 N–H and O–H groups in total. The number of rotatable bonds is 7. The average Bonchev–Trinajstić information content (AvgIpc) is 2.82. The van der Waals surface area contributed by atoms with E-state index in [4.69, 9.17) is 17.3 Å². The number of carbonyl (C=O) groups is 1. The molecule has 1 aliphatic heterocycles. The van der Waals surface area contributed by atoms with E-state index in [2.05, 4.69) is 49.5 Å². The molecule has 166 valence electrons. The van der Waals surface area contributed by atoms with Crippen molar-refractivity contribution in [3.8, 4) is 0 Å². The highest BCUT2D eigenvalue weighted by atomic mass is 35.5. The summed E-state index contributed by atoms with van der Waals surface area (Å²) >= 11 is 6.29. The number of piperazine rings is 1. The van der Waals surface area contributed by atoms with E-state index in [0.29, 0.717) is 28.0 Å². The van der Waals surface area contributed by atoms with Gasteiger partial charge in [-0.05, 0) is 36.9 Å². The molecule has 8 nitrogen and oxygen atoms in total. The van der Waals surface area contributed by atoms with Crippen LogP contribution in [0.2, 0.25) is 5.02 Å². The number of nitrogens with two attached hydrogens (primary N) is 1. The van der Waals surface area contributed by atoms with Crippen LogP contribution >= 0.6 is 11.6 Å². The smallest absolute Gasteiger partial charge is 0.250 e. The molecule has 32 heavy (non-hydrogen) atoms. The topological polar surface area (TPSA) is 99.4 Å². The van der Waals surface area contributed by atoms with Crippen molar-refractivity contribution in [1.82, 2.24) is 14.9 Å². The lowest BCUT2D eigenvalue weighted by molar-refractivity contribution is 0.100. The van der Waals surface area contributed by atoms with Gasteiger partial charge in [0.2, 0.25) is 5.95 Å². The van der Waals surface area contributed by atoms with E-state index in [9.17, 15) is 4.79 Å². The summed E-state index contributed by atoms with van der Waals surface area (Å²) in [5.74, 6) is 0.235. The van der Waals surface area contributed by atoms with Gasteiger partial charge in [-0.15, -0.1) is 0 Å². The Morgan fingerprint density at radius 1 is 1.09 bits per heavy atom. The van der Waals surface area contributed by atoms with Crippen LogP contribution in [-0.4, -0.2) is 53.5 Å². The van der Waals surface area contributed by atoms with Crippen molar-refractivity contribution in [1.29, 1.82) is 0 Å². The molecule has 0 saturated carbocycles. The number of nitrogens with one attached hydrogen (secondary N) is 2. The standard InChI is InChI=1S/C23H26ClN7O/c1-2-30-10-12-31(13-11-30)17-7-5-6-16(14-17)27-23-26-15-19(24)22(29-23)28-20-9-4-3-8-18(20)21(25)32/h3-9,14-15H,2,10-13H2,1H3,(H2,25,32)(H2,26,27,28,29). The fourth-order valence-electron chi connectivity index (χ4n) is 3.68. The number of hydrogen-bond donors (Lipinski definition) is 3. The number of likely N-dealkylation sites (N-methyl/N-ethyl adjacent to an activating group) is 1. The first-order valence-corrected chi connectivity index (χ1v) is 10.9. The molecule has 1 aliphatic rings. The van der Waals surface area contributed by atoms with Gasteiger partial charge < -0.3 is 26.2 Å². The second kappa shape index (κ2) is 9.84. The Balaban J connectivity index is 1.51. The molecule has 0 spiro atoms. The zero-order chi connectivity index (χ0) is 22.5. The van der Waals surface area contributed by atoms with E-state index in [0.717, 1.165) is 44.1 Å². The van der Waals surface area contributed by atoms with Gasteiger partial charge in [0.15, 0.2) is 5.82 Å². The van der Waals surface area contributed by atoms with Crippen molar-refractivity contribution in [2.24, 2.45) is 5.73 Å². The molecule has 3 aromatic rings. The number of primary amides is 1.